The van der Waals surface area contributed by atoms with Gasteiger partial charge in [0.2, 0.25) is 0 Å². The zero-order valence-electron chi connectivity index (χ0n) is 18.7. The van der Waals surface area contributed by atoms with Crippen LogP contribution in [0.1, 0.15) is 16.1 Å². The van der Waals surface area contributed by atoms with Gasteiger partial charge in [-0.25, -0.2) is 4.39 Å². The summed E-state index contributed by atoms with van der Waals surface area (Å²) < 4.78 is 36.8. The van der Waals surface area contributed by atoms with Gasteiger partial charge in [-0.3, -0.25) is 9.78 Å². The topological polar surface area (TPSA) is 107 Å². The number of nitrogens with zero attached hydrogens (tertiary/aromatic N) is 1. The molecule has 1 aromatic carbocycles. The number of rotatable bonds is 7. The molecule has 3 N–H and O–H groups in total. The highest BCUT2D eigenvalue weighted by Crippen LogP contribution is 2.42. The Labute approximate surface area is 195 Å². The van der Waals surface area contributed by atoms with Gasteiger partial charge in [-0.15, -0.1) is 0 Å². The molecular weight excluding hydrogens is 443 g/mol. The van der Waals surface area contributed by atoms with Gasteiger partial charge in [0.1, 0.15) is 18.5 Å². The van der Waals surface area contributed by atoms with Crippen molar-refractivity contribution in [3.63, 3.8) is 0 Å². The molecule has 2 aromatic heterocycles. The van der Waals surface area contributed by atoms with E-state index < -0.39 is 5.82 Å². The number of benzene rings is 1. The van der Waals surface area contributed by atoms with Crippen molar-refractivity contribution < 1.29 is 28.1 Å². The van der Waals surface area contributed by atoms with Crippen LogP contribution >= 0.6 is 0 Å². The average molecular weight is 468 g/mol. The van der Waals surface area contributed by atoms with Gasteiger partial charge in [-0.2, -0.15) is 0 Å². The number of para-hydroxylation sites is 1. The molecule has 0 aliphatic carbocycles. The Bertz CT molecular complexity index is 1190. The fourth-order valence-corrected chi connectivity index (χ4v) is 4.17. The number of hydrogen-bond donors (Lipinski definition) is 3. The highest BCUT2D eigenvalue weighted by atomic mass is 19.1. The molecular formula is C24H25FN4O5. The van der Waals surface area contributed by atoms with Crippen LogP contribution in [-0.4, -0.2) is 62.1 Å². The lowest BCUT2D eigenvalue weighted by atomic mass is 10.0. The molecule has 0 radical (unpaired) electrons. The fourth-order valence-electron chi connectivity index (χ4n) is 4.17. The molecule has 9 nitrogen and oxygen atoms in total. The number of halogens is 1. The van der Waals surface area contributed by atoms with Crippen LogP contribution in [0.2, 0.25) is 0 Å². The van der Waals surface area contributed by atoms with E-state index in [-0.39, 0.29) is 17.8 Å². The van der Waals surface area contributed by atoms with Crippen molar-refractivity contribution in [1.29, 1.82) is 0 Å². The molecule has 178 valence electrons. The third-order valence-corrected chi connectivity index (χ3v) is 5.76. The number of amides is 1. The van der Waals surface area contributed by atoms with Crippen LogP contribution in [0.15, 0.2) is 36.7 Å². The Balaban J connectivity index is 1.55. The van der Waals surface area contributed by atoms with E-state index in [0.717, 1.165) is 5.69 Å². The second-order valence-electron chi connectivity index (χ2n) is 7.93. The molecule has 2 aliphatic heterocycles. The van der Waals surface area contributed by atoms with Crippen molar-refractivity contribution in [3.05, 3.63) is 53.7 Å². The maximum absolute atomic E-state index is 14.4. The maximum atomic E-state index is 14.4. The number of pyridine rings is 1. The molecule has 0 unspecified atom stereocenters. The van der Waals surface area contributed by atoms with Crippen molar-refractivity contribution in [2.45, 2.75) is 12.5 Å². The van der Waals surface area contributed by atoms with Gasteiger partial charge >= 0.3 is 0 Å². The number of carbonyl (C=O) groups is 1. The number of fused-ring (bicyclic) bond motifs is 1. The monoisotopic (exact) mass is 468 g/mol. The second kappa shape index (κ2) is 9.70. The standard InChI is InChI=1S/C24H25FN4O5/c1-31-23-16(25)3-2-4-18(23)29-22-20-17(6-8-27-24(20)30)28-21(22)15-5-7-26-11-19(15)34-13-14-12-32-9-10-33-14/h2-5,7,11,14,28-29H,6,8-10,12-13H2,1H3,(H,27,30)/t14-/m1/s1. The third kappa shape index (κ3) is 4.29. The first kappa shape index (κ1) is 22.2. The van der Waals surface area contributed by atoms with Crippen molar-refractivity contribution >= 4 is 17.3 Å². The highest BCUT2D eigenvalue weighted by Gasteiger charge is 2.29. The molecule has 0 bridgehead atoms. The molecule has 10 heteroatoms. The smallest absolute Gasteiger partial charge is 0.255 e. The minimum absolute atomic E-state index is 0.0558. The molecule has 1 atom stereocenters. The minimum Gasteiger partial charge on any atom is -0.492 e. The van der Waals surface area contributed by atoms with Crippen LogP contribution in [0.4, 0.5) is 15.8 Å². The molecule has 2 aliphatic rings. The number of aromatic nitrogens is 2. The number of H-pyrrole nitrogens is 1. The number of carbonyl (C=O) groups excluding carboxylic acids is 1. The molecule has 1 amide bonds. The summed E-state index contributed by atoms with van der Waals surface area (Å²) >= 11 is 0. The Morgan fingerprint density at radius 1 is 1.29 bits per heavy atom. The molecule has 0 spiro atoms. The number of hydrogen-bond acceptors (Lipinski definition) is 7. The van der Waals surface area contributed by atoms with Crippen LogP contribution in [0.3, 0.4) is 0 Å². The summed E-state index contributed by atoms with van der Waals surface area (Å²) in [4.78, 5) is 20.4. The lowest BCUT2D eigenvalue weighted by Crippen LogP contribution is -2.33. The van der Waals surface area contributed by atoms with Gasteiger partial charge in [0.15, 0.2) is 11.6 Å². The van der Waals surface area contributed by atoms with E-state index in [9.17, 15) is 9.18 Å². The number of aromatic amines is 1. The Hall–Kier alpha value is -3.63. The third-order valence-electron chi connectivity index (χ3n) is 5.76. The Kier molecular flexibility index (Phi) is 6.33. The van der Waals surface area contributed by atoms with E-state index in [2.05, 4.69) is 20.6 Å². The van der Waals surface area contributed by atoms with E-state index in [4.69, 9.17) is 18.9 Å². The van der Waals surface area contributed by atoms with E-state index in [0.29, 0.717) is 73.3 Å². The van der Waals surface area contributed by atoms with E-state index in [1.807, 2.05) is 0 Å². The average Bonchev–Trinajstić information content (AvgIpc) is 3.23. The maximum Gasteiger partial charge on any atom is 0.255 e. The summed E-state index contributed by atoms with van der Waals surface area (Å²) in [6.07, 6.45) is 3.71. The molecule has 34 heavy (non-hydrogen) atoms. The zero-order valence-corrected chi connectivity index (χ0v) is 18.7. The van der Waals surface area contributed by atoms with Crippen LogP contribution in [-0.2, 0) is 15.9 Å². The molecule has 1 saturated heterocycles. The van der Waals surface area contributed by atoms with Crippen LogP contribution in [0.25, 0.3) is 11.3 Å². The lowest BCUT2D eigenvalue weighted by molar-refractivity contribution is -0.101. The van der Waals surface area contributed by atoms with Gasteiger partial charge in [0, 0.05) is 30.4 Å². The molecule has 1 fully saturated rings. The Morgan fingerprint density at radius 2 is 2.21 bits per heavy atom. The quantitative estimate of drug-likeness (QED) is 0.489. The summed E-state index contributed by atoms with van der Waals surface area (Å²) in [7, 11) is 1.40. The van der Waals surface area contributed by atoms with E-state index >= 15 is 0 Å². The number of ether oxygens (including phenoxy) is 4. The first-order chi connectivity index (χ1) is 16.7. The van der Waals surface area contributed by atoms with Gasteiger partial charge in [0.05, 0.1) is 55.8 Å². The minimum atomic E-state index is -0.509. The van der Waals surface area contributed by atoms with Gasteiger partial charge in [0.25, 0.3) is 5.91 Å². The SMILES string of the molecule is COc1c(F)cccc1Nc1c(-c2ccncc2OC[C@H]2COCCO2)[nH]c2c1C(=O)NCC2. The molecule has 3 aromatic rings. The predicted molar refractivity (Wildman–Crippen MR) is 122 cm³/mol. The van der Waals surface area contributed by atoms with Crippen molar-refractivity contribution in [2.24, 2.45) is 0 Å². The molecule has 4 heterocycles. The van der Waals surface area contributed by atoms with Crippen LogP contribution < -0.4 is 20.1 Å². The highest BCUT2D eigenvalue weighted by molar-refractivity contribution is 6.06. The fraction of sp³-hybridized carbons (Fsp3) is 0.333. The van der Waals surface area contributed by atoms with Crippen LogP contribution in [0.5, 0.6) is 11.5 Å². The first-order valence-electron chi connectivity index (χ1n) is 11.0. The lowest BCUT2D eigenvalue weighted by Gasteiger charge is -2.23. The predicted octanol–water partition coefficient (Wildman–Crippen LogP) is 3.05. The van der Waals surface area contributed by atoms with Gasteiger partial charge in [-0.05, 0) is 18.2 Å². The molecule has 5 rings (SSSR count). The van der Waals surface area contributed by atoms with Crippen LogP contribution in [0, 0.1) is 5.82 Å². The van der Waals surface area contributed by atoms with Crippen molar-refractivity contribution in [1.82, 2.24) is 15.3 Å². The number of methoxy groups -OCH3 is 1. The van der Waals surface area contributed by atoms with Gasteiger partial charge < -0.3 is 34.6 Å². The Morgan fingerprint density at radius 3 is 3.03 bits per heavy atom. The largest absolute Gasteiger partial charge is 0.492 e. The number of nitrogens with one attached hydrogen (secondary N) is 3. The van der Waals surface area contributed by atoms with E-state index in [1.165, 1.54) is 13.2 Å². The van der Waals surface area contributed by atoms with Gasteiger partial charge in [-0.1, -0.05) is 6.07 Å². The van der Waals surface area contributed by atoms with Crippen molar-refractivity contribution in [2.75, 3.05) is 45.4 Å². The number of anilines is 2. The zero-order chi connectivity index (χ0) is 23.5. The second-order valence-corrected chi connectivity index (χ2v) is 7.93. The van der Waals surface area contributed by atoms with E-state index in [1.54, 1.807) is 30.6 Å². The first-order valence-corrected chi connectivity index (χ1v) is 11.0. The summed E-state index contributed by atoms with van der Waals surface area (Å²) in [5.41, 5.74) is 3.48. The summed E-state index contributed by atoms with van der Waals surface area (Å²) in [6, 6.07) is 6.38. The summed E-state index contributed by atoms with van der Waals surface area (Å²) in [5, 5.41) is 6.10. The normalized spacial score (nSPS) is 17.6. The molecule has 0 saturated carbocycles. The van der Waals surface area contributed by atoms with Crippen molar-refractivity contribution in [3.8, 4) is 22.8 Å². The summed E-state index contributed by atoms with van der Waals surface area (Å²) in [5.74, 6) is -0.151. The summed E-state index contributed by atoms with van der Waals surface area (Å²) in [6.45, 7) is 2.37.